The molecule has 0 atom stereocenters. The molecule has 0 aliphatic rings. The quantitative estimate of drug-likeness (QED) is 0.614. The molecule has 0 aliphatic heterocycles. The number of pyridine rings is 1. The van der Waals surface area contributed by atoms with Gasteiger partial charge in [-0.2, -0.15) is 0 Å². The van der Waals surface area contributed by atoms with Crippen LogP contribution in [-0.2, 0) is 4.74 Å². The summed E-state index contributed by atoms with van der Waals surface area (Å²) in [6, 6.07) is 0. The molecule has 0 aliphatic carbocycles. The van der Waals surface area contributed by atoms with Crippen LogP contribution in [0.3, 0.4) is 0 Å². The first-order valence-corrected chi connectivity index (χ1v) is 5.78. The Hall–Kier alpha value is -0.990. The Bertz CT molecular complexity index is 426. The molecule has 1 rings (SSSR count). The van der Waals surface area contributed by atoms with Crippen LogP contribution in [0, 0.1) is 3.57 Å². The SMILES string of the molecule is CCOC(=O)c1c(OC)cnc(C(F)F)c1I. The number of methoxy groups -OCH3 is 1. The number of ether oxygens (including phenoxy) is 2. The first-order valence-electron chi connectivity index (χ1n) is 4.70. The lowest BCUT2D eigenvalue weighted by atomic mass is 10.2. The molecule has 0 saturated carbocycles. The van der Waals surface area contributed by atoms with Gasteiger partial charge >= 0.3 is 5.97 Å². The molecule has 1 aromatic rings. The van der Waals surface area contributed by atoms with Gasteiger partial charge in [-0.3, -0.25) is 4.98 Å². The van der Waals surface area contributed by atoms with Crippen LogP contribution in [0.4, 0.5) is 8.78 Å². The summed E-state index contributed by atoms with van der Waals surface area (Å²) in [4.78, 5) is 15.2. The summed E-state index contributed by atoms with van der Waals surface area (Å²) < 4.78 is 35.0. The summed E-state index contributed by atoms with van der Waals surface area (Å²) in [6.07, 6.45) is -1.66. The lowest BCUT2D eigenvalue weighted by molar-refractivity contribution is 0.0520. The largest absolute Gasteiger partial charge is 0.494 e. The Balaban J connectivity index is 3.32. The van der Waals surface area contributed by atoms with E-state index in [4.69, 9.17) is 9.47 Å². The fraction of sp³-hybridized carbons (Fsp3) is 0.400. The van der Waals surface area contributed by atoms with Gasteiger partial charge < -0.3 is 9.47 Å². The van der Waals surface area contributed by atoms with Crippen molar-refractivity contribution in [3.8, 4) is 5.75 Å². The van der Waals surface area contributed by atoms with Crippen molar-refractivity contribution in [1.29, 1.82) is 0 Å². The summed E-state index contributed by atoms with van der Waals surface area (Å²) in [6.45, 7) is 1.79. The van der Waals surface area contributed by atoms with Crippen LogP contribution in [0.1, 0.15) is 29.4 Å². The molecule has 94 valence electrons. The number of halogens is 3. The number of carbonyl (C=O) groups is 1. The maximum atomic E-state index is 12.6. The fourth-order valence-electron chi connectivity index (χ4n) is 1.19. The Morgan fingerprint density at radius 3 is 2.71 bits per heavy atom. The standard InChI is InChI=1S/C10H10F2INO3/c1-3-17-10(15)6-5(16-2)4-14-8(7(6)13)9(11)12/h4,9H,3H2,1-2H3. The predicted octanol–water partition coefficient (Wildman–Crippen LogP) is 2.81. The van der Waals surface area contributed by atoms with Crippen molar-refractivity contribution >= 4 is 28.6 Å². The van der Waals surface area contributed by atoms with E-state index in [0.717, 1.165) is 6.20 Å². The summed E-state index contributed by atoms with van der Waals surface area (Å²) in [5.41, 5.74) is -0.463. The van der Waals surface area contributed by atoms with Gasteiger partial charge in [-0.1, -0.05) is 0 Å². The number of alkyl halides is 2. The second-order valence-electron chi connectivity index (χ2n) is 2.92. The smallest absolute Gasteiger partial charge is 0.343 e. The van der Waals surface area contributed by atoms with Crippen LogP contribution in [0.15, 0.2) is 6.20 Å². The molecule has 0 amide bonds. The Morgan fingerprint density at radius 1 is 1.59 bits per heavy atom. The van der Waals surface area contributed by atoms with Gasteiger partial charge in [-0.15, -0.1) is 0 Å². The van der Waals surface area contributed by atoms with Crippen LogP contribution in [0.2, 0.25) is 0 Å². The van der Waals surface area contributed by atoms with E-state index in [1.165, 1.54) is 7.11 Å². The summed E-state index contributed by atoms with van der Waals surface area (Å²) in [5.74, 6) is -0.574. The first-order chi connectivity index (χ1) is 8.02. The molecule has 1 heterocycles. The molecule has 0 saturated heterocycles. The van der Waals surface area contributed by atoms with Gasteiger partial charge in [0, 0.05) is 0 Å². The van der Waals surface area contributed by atoms with Crippen LogP contribution < -0.4 is 4.74 Å². The molecule has 0 N–H and O–H groups in total. The topological polar surface area (TPSA) is 48.4 Å². The predicted molar refractivity (Wildman–Crippen MR) is 64.4 cm³/mol. The van der Waals surface area contributed by atoms with Gasteiger partial charge in [-0.05, 0) is 29.5 Å². The van der Waals surface area contributed by atoms with Crippen molar-refractivity contribution < 1.29 is 23.0 Å². The van der Waals surface area contributed by atoms with Gasteiger partial charge in [-0.25, -0.2) is 13.6 Å². The van der Waals surface area contributed by atoms with Crippen LogP contribution in [-0.4, -0.2) is 24.7 Å². The molecule has 17 heavy (non-hydrogen) atoms. The van der Waals surface area contributed by atoms with E-state index < -0.39 is 18.1 Å². The Labute approximate surface area is 110 Å². The minimum absolute atomic E-state index is 0.0137. The number of esters is 1. The van der Waals surface area contributed by atoms with Crippen molar-refractivity contribution in [1.82, 2.24) is 4.98 Å². The van der Waals surface area contributed by atoms with Gasteiger partial charge in [0.2, 0.25) is 0 Å². The minimum atomic E-state index is -2.75. The van der Waals surface area contributed by atoms with Crippen LogP contribution in [0.25, 0.3) is 0 Å². The first kappa shape index (κ1) is 14.1. The molecule has 0 aromatic carbocycles. The molecular formula is C10H10F2INO3. The van der Waals surface area contributed by atoms with E-state index in [1.807, 2.05) is 0 Å². The molecule has 0 radical (unpaired) electrons. The van der Waals surface area contributed by atoms with E-state index in [0.29, 0.717) is 0 Å². The van der Waals surface area contributed by atoms with E-state index in [1.54, 1.807) is 29.5 Å². The van der Waals surface area contributed by atoms with E-state index in [9.17, 15) is 13.6 Å². The molecule has 7 heteroatoms. The average molecular weight is 357 g/mol. The second-order valence-corrected chi connectivity index (χ2v) is 4.00. The highest BCUT2D eigenvalue weighted by Crippen LogP contribution is 2.30. The highest BCUT2D eigenvalue weighted by atomic mass is 127. The third-order valence-electron chi connectivity index (χ3n) is 1.92. The minimum Gasteiger partial charge on any atom is -0.494 e. The highest BCUT2D eigenvalue weighted by Gasteiger charge is 2.24. The summed E-state index contributed by atoms with van der Waals surface area (Å²) in [7, 11) is 1.33. The molecule has 0 fully saturated rings. The van der Waals surface area contributed by atoms with Crippen molar-refractivity contribution in [2.24, 2.45) is 0 Å². The molecule has 0 unspecified atom stereocenters. The van der Waals surface area contributed by atoms with Gasteiger partial charge in [0.1, 0.15) is 11.3 Å². The average Bonchev–Trinajstić information content (AvgIpc) is 2.27. The van der Waals surface area contributed by atoms with Crippen molar-refractivity contribution in [3.63, 3.8) is 0 Å². The fourth-order valence-corrected chi connectivity index (χ4v) is 2.05. The maximum Gasteiger partial charge on any atom is 0.343 e. The number of rotatable bonds is 4. The molecule has 4 nitrogen and oxygen atoms in total. The van der Waals surface area contributed by atoms with Gasteiger partial charge in [0.05, 0.1) is 23.5 Å². The lowest BCUT2D eigenvalue weighted by Crippen LogP contribution is -2.12. The normalized spacial score (nSPS) is 10.5. The zero-order valence-electron chi connectivity index (χ0n) is 9.17. The van der Waals surface area contributed by atoms with Crippen molar-refractivity contribution in [2.45, 2.75) is 13.3 Å². The number of aromatic nitrogens is 1. The summed E-state index contributed by atoms with van der Waals surface area (Å²) in [5, 5.41) is 0. The zero-order chi connectivity index (χ0) is 13.0. The third kappa shape index (κ3) is 3.02. The van der Waals surface area contributed by atoms with Crippen LogP contribution >= 0.6 is 22.6 Å². The Morgan fingerprint density at radius 2 is 2.24 bits per heavy atom. The molecule has 0 spiro atoms. The van der Waals surface area contributed by atoms with E-state index in [2.05, 4.69) is 4.98 Å². The number of hydrogen-bond donors (Lipinski definition) is 0. The summed E-state index contributed by atoms with van der Waals surface area (Å²) >= 11 is 1.64. The lowest BCUT2D eigenvalue weighted by Gasteiger charge is -2.11. The third-order valence-corrected chi connectivity index (χ3v) is 3.01. The molecule has 0 bridgehead atoms. The highest BCUT2D eigenvalue weighted by molar-refractivity contribution is 14.1. The number of nitrogens with zero attached hydrogens (tertiary/aromatic N) is 1. The monoisotopic (exact) mass is 357 g/mol. The second kappa shape index (κ2) is 6.08. The van der Waals surface area contributed by atoms with E-state index >= 15 is 0 Å². The molecule has 1 aromatic heterocycles. The van der Waals surface area contributed by atoms with Crippen molar-refractivity contribution in [3.05, 3.63) is 21.0 Å². The Kier molecular flexibility index (Phi) is 5.03. The van der Waals surface area contributed by atoms with Gasteiger partial charge in [0.15, 0.2) is 5.75 Å². The maximum absolute atomic E-state index is 12.6. The van der Waals surface area contributed by atoms with Gasteiger partial charge in [0.25, 0.3) is 6.43 Å². The van der Waals surface area contributed by atoms with E-state index in [-0.39, 0.29) is 21.5 Å². The number of carbonyl (C=O) groups excluding carboxylic acids is 1. The number of hydrogen-bond acceptors (Lipinski definition) is 4. The van der Waals surface area contributed by atoms with Crippen LogP contribution in [0.5, 0.6) is 5.75 Å². The zero-order valence-corrected chi connectivity index (χ0v) is 11.3. The molecular weight excluding hydrogens is 347 g/mol. The van der Waals surface area contributed by atoms with Crippen molar-refractivity contribution in [2.75, 3.05) is 13.7 Å².